The van der Waals surface area contributed by atoms with Gasteiger partial charge in [-0.15, -0.1) is 0 Å². The van der Waals surface area contributed by atoms with Crippen molar-refractivity contribution in [1.82, 2.24) is 15.2 Å². The third-order valence-electron chi connectivity index (χ3n) is 7.17. The summed E-state index contributed by atoms with van der Waals surface area (Å²) in [5.41, 5.74) is 6.93. The molecule has 1 saturated heterocycles. The SMILES string of the molecule is O=C(O)C(CCC(F)(F)F)NCCCC(=O)N1CCC(=C2c3ccc(Cl)cc3CCc3cccnc32)CC1. The van der Waals surface area contributed by atoms with Crippen LogP contribution in [0.2, 0.25) is 5.02 Å². The van der Waals surface area contributed by atoms with Crippen LogP contribution >= 0.6 is 11.6 Å². The molecule has 1 amide bonds. The molecule has 204 valence electrons. The molecule has 0 bridgehead atoms. The van der Waals surface area contributed by atoms with Crippen LogP contribution in [-0.4, -0.2) is 58.7 Å². The van der Waals surface area contributed by atoms with E-state index in [9.17, 15) is 22.8 Å². The lowest BCUT2D eigenvalue weighted by molar-refractivity contribution is -0.146. The second-order valence-electron chi connectivity index (χ2n) is 9.77. The highest BCUT2D eigenvalue weighted by Gasteiger charge is 2.30. The van der Waals surface area contributed by atoms with Crippen LogP contribution in [0.4, 0.5) is 13.2 Å². The molecule has 38 heavy (non-hydrogen) atoms. The summed E-state index contributed by atoms with van der Waals surface area (Å²) in [5, 5.41) is 12.5. The zero-order chi connectivity index (χ0) is 27.3. The number of carbonyl (C=O) groups is 2. The average Bonchev–Trinajstić information content (AvgIpc) is 3.04. The van der Waals surface area contributed by atoms with E-state index in [1.807, 2.05) is 24.4 Å². The minimum atomic E-state index is -4.40. The van der Waals surface area contributed by atoms with Gasteiger partial charge >= 0.3 is 12.1 Å². The first-order valence-corrected chi connectivity index (χ1v) is 13.3. The summed E-state index contributed by atoms with van der Waals surface area (Å²) in [6.45, 7) is 1.30. The van der Waals surface area contributed by atoms with Crippen LogP contribution in [0.15, 0.2) is 42.1 Å². The summed E-state index contributed by atoms with van der Waals surface area (Å²) in [6, 6.07) is 8.77. The molecule has 1 atom stereocenters. The molecule has 0 radical (unpaired) electrons. The molecule has 2 aliphatic rings. The third-order valence-corrected chi connectivity index (χ3v) is 7.41. The molecule has 6 nitrogen and oxygen atoms in total. The van der Waals surface area contributed by atoms with Crippen LogP contribution < -0.4 is 5.32 Å². The molecule has 1 aromatic heterocycles. The van der Waals surface area contributed by atoms with Crippen molar-refractivity contribution in [2.75, 3.05) is 19.6 Å². The van der Waals surface area contributed by atoms with Crippen LogP contribution in [0, 0.1) is 0 Å². The lowest BCUT2D eigenvalue weighted by Gasteiger charge is -2.30. The number of fused-ring (bicyclic) bond motifs is 2. The minimum absolute atomic E-state index is 0.0374. The second kappa shape index (κ2) is 12.3. The molecule has 2 N–H and O–H groups in total. The van der Waals surface area contributed by atoms with Crippen molar-refractivity contribution in [2.45, 2.75) is 63.6 Å². The monoisotopic (exact) mass is 549 g/mol. The van der Waals surface area contributed by atoms with Crippen molar-refractivity contribution >= 4 is 29.1 Å². The summed E-state index contributed by atoms with van der Waals surface area (Å²) in [6.07, 6.45) is -0.550. The van der Waals surface area contributed by atoms with Gasteiger partial charge in [0.25, 0.3) is 0 Å². The number of rotatable bonds is 8. The predicted octanol–water partition coefficient (Wildman–Crippen LogP) is 5.42. The number of carbonyl (C=O) groups excluding carboxylic acids is 1. The number of aryl methyl sites for hydroxylation is 2. The Morgan fingerprint density at radius 3 is 2.55 bits per heavy atom. The first-order chi connectivity index (χ1) is 18.1. The van der Waals surface area contributed by atoms with Gasteiger partial charge < -0.3 is 15.3 Å². The summed E-state index contributed by atoms with van der Waals surface area (Å²) in [5.74, 6) is -1.36. The Bertz CT molecular complexity index is 1210. The van der Waals surface area contributed by atoms with Gasteiger partial charge in [-0.05, 0) is 80.0 Å². The Kier molecular flexibility index (Phi) is 9.10. The third kappa shape index (κ3) is 7.14. The molecule has 1 aromatic carbocycles. The van der Waals surface area contributed by atoms with E-state index in [4.69, 9.17) is 21.7 Å². The number of benzene rings is 1. The lowest BCUT2D eigenvalue weighted by atomic mass is 9.88. The molecule has 1 unspecified atom stereocenters. The topological polar surface area (TPSA) is 82.5 Å². The molecule has 10 heteroatoms. The van der Waals surface area contributed by atoms with E-state index < -0.39 is 31.0 Å². The highest BCUT2D eigenvalue weighted by Crippen LogP contribution is 2.38. The summed E-state index contributed by atoms with van der Waals surface area (Å²) < 4.78 is 37.3. The molecule has 2 aromatic rings. The largest absolute Gasteiger partial charge is 0.480 e. The zero-order valence-electron chi connectivity index (χ0n) is 21.0. The van der Waals surface area contributed by atoms with E-state index in [-0.39, 0.29) is 18.9 Å². The summed E-state index contributed by atoms with van der Waals surface area (Å²) in [4.78, 5) is 30.6. The van der Waals surface area contributed by atoms with E-state index >= 15 is 0 Å². The van der Waals surface area contributed by atoms with Gasteiger partial charge in [0.15, 0.2) is 0 Å². The van der Waals surface area contributed by atoms with Crippen LogP contribution in [0.25, 0.3) is 5.57 Å². The Morgan fingerprint density at radius 2 is 1.84 bits per heavy atom. The van der Waals surface area contributed by atoms with Gasteiger partial charge in [0.1, 0.15) is 6.04 Å². The highest BCUT2D eigenvalue weighted by atomic mass is 35.5. The number of alkyl halides is 3. The number of nitrogens with zero attached hydrogens (tertiary/aromatic N) is 2. The molecular weight excluding hydrogens is 519 g/mol. The molecule has 2 heterocycles. The van der Waals surface area contributed by atoms with Crippen molar-refractivity contribution in [1.29, 1.82) is 0 Å². The quantitative estimate of drug-likeness (QED) is 0.430. The fourth-order valence-corrected chi connectivity index (χ4v) is 5.40. The Hall–Kier alpha value is -2.91. The summed E-state index contributed by atoms with van der Waals surface area (Å²) >= 11 is 6.29. The van der Waals surface area contributed by atoms with Crippen molar-refractivity contribution in [3.8, 4) is 0 Å². The smallest absolute Gasteiger partial charge is 0.389 e. The van der Waals surface area contributed by atoms with E-state index in [1.165, 1.54) is 16.7 Å². The minimum Gasteiger partial charge on any atom is -0.480 e. The van der Waals surface area contributed by atoms with Gasteiger partial charge in [0.2, 0.25) is 5.91 Å². The standard InChI is InChI=1S/C28H31ClF3N3O3/c29-21-7-8-22-20(17-21)6-5-19-3-1-14-34-26(19)25(22)18-10-15-35(16-11-18)24(36)4-2-13-33-23(27(37)38)9-12-28(30,31)32/h1,3,7-8,14,17,23,33H,2,4-6,9-13,15-16H2,(H,37,38). The van der Waals surface area contributed by atoms with Crippen LogP contribution in [0.1, 0.15) is 60.9 Å². The number of aromatic nitrogens is 1. The van der Waals surface area contributed by atoms with Crippen molar-refractivity contribution in [2.24, 2.45) is 0 Å². The Balaban J connectivity index is 1.37. The fourth-order valence-electron chi connectivity index (χ4n) is 5.20. The number of carboxylic acid groups (broad SMARTS) is 1. The second-order valence-corrected chi connectivity index (χ2v) is 10.2. The molecule has 1 aliphatic carbocycles. The van der Waals surface area contributed by atoms with Crippen LogP contribution in [-0.2, 0) is 22.4 Å². The predicted molar refractivity (Wildman–Crippen MR) is 139 cm³/mol. The number of hydrogen-bond acceptors (Lipinski definition) is 4. The van der Waals surface area contributed by atoms with Crippen molar-refractivity contribution < 1.29 is 27.9 Å². The first kappa shape index (κ1) is 28.1. The van der Waals surface area contributed by atoms with Gasteiger partial charge in [-0.3, -0.25) is 14.6 Å². The van der Waals surface area contributed by atoms with Gasteiger partial charge in [-0.1, -0.05) is 29.3 Å². The number of pyridine rings is 1. The van der Waals surface area contributed by atoms with Crippen LogP contribution in [0.5, 0.6) is 0 Å². The maximum absolute atomic E-state index is 12.8. The number of amides is 1. The number of aliphatic carboxylic acids is 1. The van der Waals surface area contributed by atoms with Gasteiger partial charge in [0, 0.05) is 42.7 Å². The van der Waals surface area contributed by atoms with E-state index in [0.29, 0.717) is 24.5 Å². The first-order valence-electron chi connectivity index (χ1n) is 12.9. The van der Waals surface area contributed by atoms with Gasteiger partial charge in [0.05, 0.1) is 5.69 Å². The molecule has 0 saturated carbocycles. The number of carboxylic acids is 1. The number of halogens is 4. The van der Waals surface area contributed by atoms with E-state index in [0.717, 1.165) is 42.5 Å². The average molecular weight is 550 g/mol. The van der Waals surface area contributed by atoms with Crippen molar-refractivity contribution in [3.63, 3.8) is 0 Å². The van der Waals surface area contributed by atoms with E-state index in [2.05, 4.69) is 17.4 Å². The fraction of sp³-hybridized carbons (Fsp3) is 0.464. The molecule has 1 fully saturated rings. The summed E-state index contributed by atoms with van der Waals surface area (Å²) in [7, 11) is 0. The van der Waals surface area contributed by atoms with E-state index in [1.54, 1.807) is 4.90 Å². The molecular formula is C28H31ClF3N3O3. The molecule has 4 rings (SSSR count). The Labute approximate surface area is 224 Å². The van der Waals surface area contributed by atoms with Gasteiger partial charge in [-0.25, -0.2) is 0 Å². The molecule has 1 aliphatic heterocycles. The normalized spacial score (nSPS) is 16.5. The lowest BCUT2D eigenvalue weighted by Crippen LogP contribution is -2.39. The maximum atomic E-state index is 12.8. The highest BCUT2D eigenvalue weighted by molar-refractivity contribution is 6.30. The number of likely N-dealkylation sites (tertiary alicyclic amines) is 1. The molecule has 0 spiro atoms. The zero-order valence-corrected chi connectivity index (χ0v) is 21.7. The Morgan fingerprint density at radius 1 is 1.11 bits per heavy atom. The van der Waals surface area contributed by atoms with Crippen LogP contribution in [0.3, 0.4) is 0 Å². The number of nitrogens with one attached hydrogen (secondary N) is 1. The van der Waals surface area contributed by atoms with Gasteiger partial charge in [-0.2, -0.15) is 13.2 Å². The maximum Gasteiger partial charge on any atom is 0.389 e. The van der Waals surface area contributed by atoms with Crippen molar-refractivity contribution in [3.05, 3.63) is 69.5 Å². The number of hydrogen-bond donors (Lipinski definition) is 2. The number of piperidine rings is 1.